The van der Waals surface area contributed by atoms with Gasteiger partial charge in [-0.05, 0) is 35.3 Å². The molecule has 0 aliphatic carbocycles. The molecule has 4 nitrogen and oxygen atoms in total. The van der Waals surface area contributed by atoms with E-state index in [-0.39, 0.29) is 0 Å². The molecule has 0 spiro atoms. The van der Waals surface area contributed by atoms with Gasteiger partial charge in [0.25, 0.3) is 0 Å². The Hall–Kier alpha value is -1.33. The van der Waals surface area contributed by atoms with E-state index in [9.17, 15) is 5.11 Å². The van der Waals surface area contributed by atoms with Gasteiger partial charge in [0.15, 0.2) is 0 Å². The Morgan fingerprint density at radius 1 is 1.40 bits per heavy atom. The largest absolute Gasteiger partial charge is 0.487 e. The number of halogens is 1. The number of aliphatic hydroxyl groups excluding tert-OH is 1. The molecule has 1 heterocycles. The Bertz CT molecular complexity index is 594. The molecule has 2 aromatic rings. The fourth-order valence-electron chi connectivity index (χ4n) is 2.08. The highest BCUT2D eigenvalue weighted by molar-refractivity contribution is 9.10. The number of ether oxygens (including phenoxy) is 1. The van der Waals surface area contributed by atoms with Crippen LogP contribution in [0.5, 0.6) is 5.75 Å². The number of hydrogen-bond acceptors (Lipinski definition) is 3. The molecule has 5 heteroatoms. The van der Waals surface area contributed by atoms with Crippen LogP contribution in [0.3, 0.4) is 0 Å². The molecule has 0 saturated heterocycles. The molecule has 1 aromatic heterocycles. The first-order valence-electron chi connectivity index (χ1n) is 6.64. The van der Waals surface area contributed by atoms with Gasteiger partial charge in [-0.1, -0.05) is 25.1 Å². The quantitative estimate of drug-likeness (QED) is 0.908. The van der Waals surface area contributed by atoms with Gasteiger partial charge in [0, 0.05) is 12.6 Å². The van der Waals surface area contributed by atoms with Crippen LogP contribution in [-0.2, 0) is 20.1 Å². The Balaban J connectivity index is 2.19. The molecule has 0 amide bonds. The lowest BCUT2D eigenvalue weighted by atomic mass is 10.1. The number of nitrogens with zero attached hydrogens (tertiary/aromatic N) is 2. The van der Waals surface area contributed by atoms with E-state index in [0.717, 1.165) is 27.8 Å². The number of para-hydroxylation sites is 1. The molecule has 0 radical (unpaired) electrons. The summed E-state index contributed by atoms with van der Waals surface area (Å²) in [4.78, 5) is 0. The minimum absolute atomic E-state index is 0.411. The third-order valence-corrected chi connectivity index (χ3v) is 4.15. The van der Waals surface area contributed by atoms with E-state index >= 15 is 0 Å². The minimum atomic E-state index is -0.549. The van der Waals surface area contributed by atoms with E-state index in [1.165, 1.54) is 0 Å². The van der Waals surface area contributed by atoms with Crippen LogP contribution < -0.4 is 4.74 Å². The first kappa shape index (κ1) is 15.1. The summed E-state index contributed by atoms with van der Waals surface area (Å²) in [6, 6.07) is 7.53. The molecule has 0 aliphatic rings. The van der Waals surface area contributed by atoms with E-state index in [4.69, 9.17) is 4.74 Å². The van der Waals surface area contributed by atoms with Crippen molar-refractivity contribution in [1.29, 1.82) is 0 Å². The molecule has 108 valence electrons. The monoisotopic (exact) mass is 338 g/mol. The van der Waals surface area contributed by atoms with Crippen molar-refractivity contribution in [2.75, 3.05) is 0 Å². The highest BCUT2D eigenvalue weighted by atomic mass is 79.9. The van der Waals surface area contributed by atoms with Gasteiger partial charge in [-0.2, -0.15) is 5.10 Å². The SMILES string of the molecule is CCc1nn(C)c(COc2ccccc2[C@@H](C)O)c1Br. The van der Waals surface area contributed by atoms with Crippen LogP contribution in [0.1, 0.15) is 36.9 Å². The molecule has 0 bridgehead atoms. The number of hydrogen-bond donors (Lipinski definition) is 1. The first-order valence-corrected chi connectivity index (χ1v) is 7.43. The van der Waals surface area contributed by atoms with E-state index in [2.05, 4.69) is 28.0 Å². The Morgan fingerprint density at radius 3 is 2.70 bits per heavy atom. The zero-order valence-corrected chi connectivity index (χ0v) is 13.5. The van der Waals surface area contributed by atoms with Gasteiger partial charge in [0.1, 0.15) is 12.4 Å². The molecular formula is C15H19BrN2O2. The molecule has 1 N–H and O–H groups in total. The van der Waals surface area contributed by atoms with Gasteiger partial charge < -0.3 is 9.84 Å². The van der Waals surface area contributed by atoms with Crippen molar-refractivity contribution in [2.45, 2.75) is 33.0 Å². The highest BCUT2D eigenvalue weighted by Crippen LogP contribution is 2.27. The number of rotatable bonds is 5. The van der Waals surface area contributed by atoms with Gasteiger partial charge >= 0.3 is 0 Å². The first-order chi connectivity index (χ1) is 9.54. The van der Waals surface area contributed by atoms with Crippen molar-refractivity contribution in [3.05, 3.63) is 45.7 Å². The average Bonchev–Trinajstić information content (AvgIpc) is 2.71. The number of benzene rings is 1. The lowest BCUT2D eigenvalue weighted by Crippen LogP contribution is -2.05. The van der Waals surface area contributed by atoms with Gasteiger partial charge in [-0.3, -0.25) is 4.68 Å². The van der Waals surface area contributed by atoms with E-state index in [1.54, 1.807) is 6.92 Å². The molecule has 2 rings (SSSR count). The molecule has 0 aliphatic heterocycles. The number of aliphatic hydroxyl groups is 1. The molecular weight excluding hydrogens is 320 g/mol. The maximum atomic E-state index is 9.75. The van der Waals surface area contributed by atoms with Crippen LogP contribution in [-0.4, -0.2) is 14.9 Å². The Kier molecular flexibility index (Phi) is 4.83. The maximum Gasteiger partial charge on any atom is 0.131 e. The summed E-state index contributed by atoms with van der Waals surface area (Å²) in [6.07, 6.45) is 0.325. The van der Waals surface area contributed by atoms with Crippen molar-refractivity contribution in [3.8, 4) is 5.75 Å². The smallest absolute Gasteiger partial charge is 0.131 e. The molecule has 0 saturated carbocycles. The predicted molar refractivity (Wildman–Crippen MR) is 81.7 cm³/mol. The minimum Gasteiger partial charge on any atom is -0.487 e. The Labute approximate surface area is 127 Å². The molecule has 20 heavy (non-hydrogen) atoms. The van der Waals surface area contributed by atoms with Crippen LogP contribution in [0.25, 0.3) is 0 Å². The standard InChI is InChI=1S/C15H19BrN2O2/c1-4-12-15(16)13(18(3)17-12)9-20-14-8-6-5-7-11(14)10(2)19/h5-8,10,19H,4,9H2,1-3H3/t10-/m1/s1. The summed E-state index contributed by atoms with van der Waals surface area (Å²) in [5, 5.41) is 14.2. The second-order valence-electron chi connectivity index (χ2n) is 4.69. The summed E-state index contributed by atoms with van der Waals surface area (Å²) in [6.45, 7) is 4.21. The summed E-state index contributed by atoms with van der Waals surface area (Å²) in [7, 11) is 1.91. The van der Waals surface area contributed by atoms with Crippen molar-refractivity contribution >= 4 is 15.9 Å². The molecule has 0 unspecified atom stereocenters. The Morgan fingerprint density at radius 2 is 2.10 bits per heavy atom. The molecule has 1 atom stereocenters. The van der Waals surface area contributed by atoms with E-state index in [1.807, 2.05) is 36.0 Å². The van der Waals surface area contributed by atoms with Crippen molar-refractivity contribution in [1.82, 2.24) is 9.78 Å². The van der Waals surface area contributed by atoms with Gasteiger partial charge in [-0.15, -0.1) is 0 Å². The third-order valence-electron chi connectivity index (χ3n) is 3.24. The van der Waals surface area contributed by atoms with Crippen LogP contribution in [0.2, 0.25) is 0 Å². The van der Waals surface area contributed by atoms with Crippen LogP contribution in [0.15, 0.2) is 28.7 Å². The number of aromatic nitrogens is 2. The second kappa shape index (κ2) is 6.41. The summed E-state index contributed by atoms with van der Waals surface area (Å²) >= 11 is 3.57. The normalized spacial score (nSPS) is 12.4. The summed E-state index contributed by atoms with van der Waals surface area (Å²) < 4.78 is 8.68. The fourth-order valence-corrected chi connectivity index (χ4v) is 2.81. The van der Waals surface area contributed by atoms with E-state index in [0.29, 0.717) is 12.4 Å². The second-order valence-corrected chi connectivity index (χ2v) is 5.48. The highest BCUT2D eigenvalue weighted by Gasteiger charge is 2.14. The topological polar surface area (TPSA) is 47.3 Å². The van der Waals surface area contributed by atoms with Crippen molar-refractivity contribution < 1.29 is 9.84 Å². The summed E-state index contributed by atoms with van der Waals surface area (Å²) in [5.41, 5.74) is 2.80. The fraction of sp³-hybridized carbons (Fsp3) is 0.400. The predicted octanol–water partition coefficient (Wildman–Crippen LogP) is 3.38. The zero-order chi connectivity index (χ0) is 14.7. The van der Waals surface area contributed by atoms with Crippen LogP contribution in [0, 0.1) is 0 Å². The van der Waals surface area contributed by atoms with E-state index < -0.39 is 6.10 Å². The van der Waals surface area contributed by atoms with Gasteiger partial charge in [0.2, 0.25) is 0 Å². The molecule has 0 fully saturated rings. The summed E-state index contributed by atoms with van der Waals surface area (Å²) in [5.74, 6) is 0.702. The zero-order valence-electron chi connectivity index (χ0n) is 11.9. The van der Waals surface area contributed by atoms with Crippen LogP contribution >= 0.6 is 15.9 Å². The van der Waals surface area contributed by atoms with Crippen LogP contribution in [0.4, 0.5) is 0 Å². The molecule has 1 aromatic carbocycles. The third kappa shape index (κ3) is 3.04. The lowest BCUT2D eigenvalue weighted by Gasteiger charge is -2.13. The maximum absolute atomic E-state index is 9.75. The van der Waals surface area contributed by atoms with Crippen molar-refractivity contribution in [2.24, 2.45) is 7.05 Å². The van der Waals surface area contributed by atoms with Crippen molar-refractivity contribution in [3.63, 3.8) is 0 Å². The lowest BCUT2D eigenvalue weighted by molar-refractivity contribution is 0.189. The van der Waals surface area contributed by atoms with Gasteiger partial charge in [-0.25, -0.2) is 0 Å². The number of aryl methyl sites for hydroxylation is 2. The van der Waals surface area contributed by atoms with Gasteiger partial charge in [0.05, 0.1) is 22.0 Å². The average molecular weight is 339 g/mol.